The van der Waals surface area contributed by atoms with Crippen LogP contribution in [0.1, 0.15) is 10.4 Å². The number of methoxy groups -OCH3 is 1. The molecule has 0 fully saturated rings. The van der Waals surface area contributed by atoms with Crippen molar-refractivity contribution in [3.8, 4) is 0 Å². The largest absolute Gasteiger partial charge is 0.465 e. The second-order valence-electron chi connectivity index (χ2n) is 5.00. The fourth-order valence-electron chi connectivity index (χ4n) is 2.28. The van der Waals surface area contributed by atoms with Gasteiger partial charge in [-0.3, -0.25) is 10.1 Å². The minimum atomic E-state index is -0.516. The topological polar surface area (TPSA) is 94.4 Å². The molecule has 0 radical (unpaired) electrons. The number of nitro groups is 1. The van der Waals surface area contributed by atoms with Gasteiger partial charge in [0.15, 0.2) is 0 Å². The second kappa shape index (κ2) is 6.33. The fourth-order valence-corrected chi connectivity index (χ4v) is 2.28. The van der Waals surface area contributed by atoms with Gasteiger partial charge in [0, 0.05) is 23.2 Å². The molecule has 0 saturated heterocycles. The Balaban J connectivity index is 2.03. The van der Waals surface area contributed by atoms with Gasteiger partial charge in [-0.25, -0.2) is 9.78 Å². The molecule has 3 aromatic rings. The first-order valence-electron chi connectivity index (χ1n) is 7.08. The molecule has 0 aliphatic rings. The van der Waals surface area contributed by atoms with E-state index >= 15 is 0 Å². The zero-order valence-corrected chi connectivity index (χ0v) is 12.7. The van der Waals surface area contributed by atoms with Crippen LogP contribution >= 0.6 is 0 Å². The van der Waals surface area contributed by atoms with Crippen molar-refractivity contribution in [1.82, 2.24) is 4.98 Å². The quantitative estimate of drug-likeness (QED) is 0.447. The van der Waals surface area contributed by atoms with E-state index in [1.807, 2.05) is 24.3 Å². The SMILES string of the molecule is COC(=O)c1cc2ccccc2nc1Nc1ccc([N+](=O)[O-])cc1. The van der Waals surface area contributed by atoms with Gasteiger partial charge in [0.05, 0.1) is 17.5 Å². The van der Waals surface area contributed by atoms with Gasteiger partial charge in [-0.1, -0.05) is 18.2 Å². The highest BCUT2D eigenvalue weighted by atomic mass is 16.6. The molecule has 1 N–H and O–H groups in total. The van der Waals surface area contributed by atoms with Crippen LogP contribution in [0.3, 0.4) is 0 Å². The predicted octanol–water partition coefficient (Wildman–Crippen LogP) is 3.67. The van der Waals surface area contributed by atoms with E-state index in [2.05, 4.69) is 10.3 Å². The van der Waals surface area contributed by atoms with Gasteiger partial charge in [-0.2, -0.15) is 0 Å². The molecular formula is C17H13N3O4. The van der Waals surface area contributed by atoms with Crippen molar-refractivity contribution < 1.29 is 14.5 Å². The lowest BCUT2D eigenvalue weighted by Crippen LogP contribution is -2.07. The number of rotatable bonds is 4. The molecule has 0 bridgehead atoms. The third-order valence-electron chi connectivity index (χ3n) is 3.47. The zero-order chi connectivity index (χ0) is 17.1. The number of non-ortho nitro benzene ring substituents is 1. The van der Waals surface area contributed by atoms with Crippen LogP contribution < -0.4 is 5.32 Å². The lowest BCUT2D eigenvalue weighted by Gasteiger charge is -2.11. The molecule has 24 heavy (non-hydrogen) atoms. The standard InChI is InChI=1S/C17H13N3O4/c1-24-17(21)14-10-11-4-2-3-5-15(11)19-16(14)18-12-6-8-13(9-7-12)20(22)23/h2-10H,1H3,(H,18,19). The molecule has 0 unspecified atom stereocenters. The Kier molecular flexibility index (Phi) is 4.07. The average molecular weight is 323 g/mol. The number of para-hydroxylation sites is 1. The third-order valence-corrected chi connectivity index (χ3v) is 3.47. The summed E-state index contributed by atoms with van der Waals surface area (Å²) in [4.78, 5) is 26.7. The van der Waals surface area contributed by atoms with Crippen LogP contribution in [0.4, 0.5) is 17.2 Å². The molecule has 0 amide bonds. The number of nitrogens with zero attached hydrogens (tertiary/aromatic N) is 2. The Morgan fingerprint density at radius 3 is 2.54 bits per heavy atom. The van der Waals surface area contributed by atoms with Crippen LogP contribution in [0.15, 0.2) is 54.6 Å². The number of anilines is 2. The molecule has 2 aromatic carbocycles. The summed E-state index contributed by atoms with van der Waals surface area (Å²) in [6.07, 6.45) is 0. The summed E-state index contributed by atoms with van der Waals surface area (Å²) < 4.78 is 4.81. The number of esters is 1. The number of carbonyl (C=O) groups excluding carboxylic acids is 1. The number of ether oxygens (including phenoxy) is 1. The number of fused-ring (bicyclic) bond motifs is 1. The number of carbonyl (C=O) groups is 1. The van der Waals surface area contributed by atoms with Crippen molar-refractivity contribution in [2.24, 2.45) is 0 Å². The summed E-state index contributed by atoms with van der Waals surface area (Å²) in [5, 5.41) is 14.5. The molecule has 3 rings (SSSR count). The van der Waals surface area contributed by atoms with Gasteiger partial charge in [0.1, 0.15) is 11.4 Å². The number of nitro benzene ring substituents is 1. The molecule has 0 saturated carbocycles. The van der Waals surface area contributed by atoms with E-state index in [9.17, 15) is 14.9 Å². The van der Waals surface area contributed by atoms with Gasteiger partial charge in [0.25, 0.3) is 5.69 Å². The van der Waals surface area contributed by atoms with Crippen LogP contribution in [0.2, 0.25) is 0 Å². The van der Waals surface area contributed by atoms with E-state index in [4.69, 9.17) is 4.74 Å². The van der Waals surface area contributed by atoms with E-state index in [0.717, 1.165) is 10.9 Å². The summed E-state index contributed by atoms with van der Waals surface area (Å²) in [6.45, 7) is 0. The van der Waals surface area contributed by atoms with Crippen molar-refractivity contribution in [3.63, 3.8) is 0 Å². The van der Waals surface area contributed by atoms with Crippen LogP contribution in [-0.2, 0) is 4.74 Å². The Bertz CT molecular complexity index is 923. The van der Waals surface area contributed by atoms with Crippen LogP contribution in [0, 0.1) is 10.1 Å². The summed E-state index contributed by atoms with van der Waals surface area (Å²) in [5.74, 6) is -0.188. The van der Waals surface area contributed by atoms with Crippen molar-refractivity contribution in [1.29, 1.82) is 0 Å². The summed E-state index contributed by atoms with van der Waals surface area (Å²) >= 11 is 0. The van der Waals surface area contributed by atoms with Crippen LogP contribution in [-0.4, -0.2) is 23.0 Å². The molecule has 120 valence electrons. The molecule has 0 aliphatic carbocycles. The Labute approximate surface area is 137 Å². The Morgan fingerprint density at radius 2 is 1.88 bits per heavy atom. The van der Waals surface area contributed by atoms with Crippen molar-refractivity contribution in [2.75, 3.05) is 12.4 Å². The first-order chi connectivity index (χ1) is 11.6. The van der Waals surface area contributed by atoms with E-state index in [1.165, 1.54) is 19.2 Å². The number of hydrogen-bond donors (Lipinski definition) is 1. The van der Waals surface area contributed by atoms with Crippen molar-refractivity contribution in [3.05, 3.63) is 70.3 Å². The molecule has 0 spiro atoms. The van der Waals surface area contributed by atoms with Gasteiger partial charge < -0.3 is 10.1 Å². The maximum atomic E-state index is 12.0. The Hall–Kier alpha value is -3.48. The molecular weight excluding hydrogens is 310 g/mol. The molecule has 1 heterocycles. The summed E-state index contributed by atoms with van der Waals surface area (Å²) in [7, 11) is 1.30. The molecule has 0 atom stereocenters. The lowest BCUT2D eigenvalue weighted by molar-refractivity contribution is -0.384. The number of benzene rings is 2. The first kappa shape index (κ1) is 15.4. The normalized spacial score (nSPS) is 10.4. The molecule has 0 aliphatic heterocycles. The second-order valence-corrected chi connectivity index (χ2v) is 5.00. The van der Waals surface area contributed by atoms with E-state index < -0.39 is 10.9 Å². The van der Waals surface area contributed by atoms with Gasteiger partial charge in [-0.15, -0.1) is 0 Å². The number of pyridine rings is 1. The van der Waals surface area contributed by atoms with Crippen LogP contribution in [0.25, 0.3) is 10.9 Å². The van der Waals surface area contributed by atoms with Gasteiger partial charge >= 0.3 is 5.97 Å². The minimum absolute atomic E-state index is 0.0137. The monoisotopic (exact) mass is 323 g/mol. The fraction of sp³-hybridized carbons (Fsp3) is 0.0588. The maximum Gasteiger partial charge on any atom is 0.341 e. The molecule has 1 aromatic heterocycles. The average Bonchev–Trinajstić information content (AvgIpc) is 2.61. The summed E-state index contributed by atoms with van der Waals surface area (Å²) in [6, 6.07) is 14.9. The maximum absolute atomic E-state index is 12.0. The van der Waals surface area contributed by atoms with E-state index in [-0.39, 0.29) is 11.3 Å². The minimum Gasteiger partial charge on any atom is -0.465 e. The van der Waals surface area contributed by atoms with Crippen LogP contribution in [0.5, 0.6) is 0 Å². The number of nitrogens with one attached hydrogen (secondary N) is 1. The predicted molar refractivity (Wildman–Crippen MR) is 89.5 cm³/mol. The zero-order valence-electron chi connectivity index (χ0n) is 12.7. The summed E-state index contributed by atoms with van der Waals surface area (Å²) in [5.41, 5.74) is 1.57. The van der Waals surface area contributed by atoms with Gasteiger partial charge in [-0.05, 0) is 24.3 Å². The lowest BCUT2D eigenvalue weighted by atomic mass is 10.1. The molecule has 7 heteroatoms. The smallest absolute Gasteiger partial charge is 0.341 e. The number of hydrogen-bond acceptors (Lipinski definition) is 6. The van der Waals surface area contributed by atoms with Crippen molar-refractivity contribution in [2.45, 2.75) is 0 Å². The molecule has 7 nitrogen and oxygen atoms in total. The van der Waals surface area contributed by atoms with E-state index in [1.54, 1.807) is 18.2 Å². The highest BCUT2D eigenvalue weighted by Gasteiger charge is 2.15. The van der Waals surface area contributed by atoms with E-state index in [0.29, 0.717) is 11.5 Å². The van der Waals surface area contributed by atoms with Gasteiger partial charge in [0.2, 0.25) is 0 Å². The third kappa shape index (κ3) is 3.00. The van der Waals surface area contributed by atoms with Crippen molar-refractivity contribution >= 4 is 34.1 Å². The first-order valence-corrected chi connectivity index (χ1v) is 7.08. The number of aromatic nitrogens is 1. The highest BCUT2D eigenvalue weighted by molar-refractivity contribution is 5.99. The Morgan fingerprint density at radius 1 is 1.17 bits per heavy atom. The highest BCUT2D eigenvalue weighted by Crippen LogP contribution is 2.25.